The average Bonchev–Trinajstić information content (AvgIpc) is 2.85. The molecule has 5 nitrogen and oxygen atoms in total. The third-order valence-electron chi connectivity index (χ3n) is 3.66. The molecule has 1 aromatic rings. The number of carbonyl (C=O) groups excluding carboxylic acids is 1. The summed E-state index contributed by atoms with van der Waals surface area (Å²) < 4.78 is 5.15. The number of nitrogens with zero attached hydrogens (tertiary/aromatic N) is 3. The Morgan fingerprint density at radius 1 is 1.42 bits per heavy atom. The highest BCUT2D eigenvalue weighted by Gasteiger charge is 2.23. The van der Waals surface area contributed by atoms with Gasteiger partial charge in [0.05, 0.1) is 0 Å². The normalized spacial score (nSPS) is 19.7. The Morgan fingerprint density at radius 2 is 2.26 bits per heavy atom. The van der Waals surface area contributed by atoms with Crippen LogP contribution in [0.1, 0.15) is 57.7 Å². The first-order chi connectivity index (χ1) is 9.20. The van der Waals surface area contributed by atoms with Gasteiger partial charge in [-0.2, -0.15) is 4.98 Å². The number of amides is 1. The first kappa shape index (κ1) is 14.0. The molecule has 1 fully saturated rings. The third kappa shape index (κ3) is 3.78. The van der Waals surface area contributed by atoms with Crippen LogP contribution in [0.2, 0.25) is 0 Å². The lowest BCUT2D eigenvalue weighted by molar-refractivity contribution is -0.134. The zero-order valence-electron chi connectivity index (χ0n) is 11.9. The van der Waals surface area contributed by atoms with Crippen LogP contribution in [0.25, 0.3) is 0 Å². The van der Waals surface area contributed by atoms with E-state index in [4.69, 9.17) is 4.52 Å². The van der Waals surface area contributed by atoms with Crippen LogP contribution in [0.5, 0.6) is 0 Å². The summed E-state index contributed by atoms with van der Waals surface area (Å²) in [6.07, 6.45) is 6.33. The minimum atomic E-state index is 0.211. The summed E-state index contributed by atoms with van der Waals surface area (Å²) in [5.41, 5.74) is 0. The predicted molar refractivity (Wildman–Crippen MR) is 71.6 cm³/mol. The molecule has 1 aromatic heterocycles. The molecule has 0 aromatic carbocycles. The van der Waals surface area contributed by atoms with Crippen molar-refractivity contribution >= 4 is 5.91 Å². The Morgan fingerprint density at radius 3 is 3.00 bits per heavy atom. The van der Waals surface area contributed by atoms with Gasteiger partial charge in [0.25, 0.3) is 0 Å². The van der Waals surface area contributed by atoms with Crippen LogP contribution in [0.4, 0.5) is 0 Å². The number of aromatic nitrogens is 2. The van der Waals surface area contributed by atoms with Gasteiger partial charge in [-0.05, 0) is 32.6 Å². The standard InChI is InChI=1S/C14H23N3O2/c1-3-6-12-15-13(19-16-12)8-9-14(18)17-10-5-4-7-11(17)2/h11H,3-10H2,1-2H3/t11-/m0/s1. The summed E-state index contributed by atoms with van der Waals surface area (Å²) in [6, 6.07) is 0.375. The number of piperidine rings is 1. The largest absolute Gasteiger partial charge is 0.340 e. The van der Waals surface area contributed by atoms with Crippen LogP contribution >= 0.6 is 0 Å². The second-order valence-electron chi connectivity index (χ2n) is 5.29. The van der Waals surface area contributed by atoms with Crippen LogP contribution < -0.4 is 0 Å². The number of hydrogen-bond acceptors (Lipinski definition) is 4. The highest BCUT2D eigenvalue weighted by molar-refractivity contribution is 5.76. The van der Waals surface area contributed by atoms with E-state index in [2.05, 4.69) is 24.0 Å². The van der Waals surface area contributed by atoms with Crippen LogP contribution in [-0.4, -0.2) is 33.5 Å². The molecular weight excluding hydrogens is 242 g/mol. The van der Waals surface area contributed by atoms with Gasteiger partial charge in [0, 0.05) is 31.8 Å². The summed E-state index contributed by atoms with van der Waals surface area (Å²) in [5, 5.41) is 3.90. The Kier molecular flexibility index (Phi) is 4.93. The number of likely N-dealkylation sites (tertiary alicyclic amines) is 1. The van der Waals surface area contributed by atoms with Gasteiger partial charge in [-0.3, -0.25) is 4.79 Å². The van der Waals surface area contributed by atoms with Crippen molar-refractivity contribution in [3.8, 4) is 0 Å². The van der Waals surface area contributed by atoms with Crippen molar-refractivity contribution < 1.29 is 9.32 Å². The monoisotopic (exact) mass is 265 g/mol. The van der Waals surface area contributed by atoms with Crippen molar-refractivity contribution in [1.29, 1.82) is 0 Å². The van der Waals surface area contributed by atoms with Crippen molar-refractivity contribution in [3.63, 3.8) is 0 Å². The number of carbonyl (C=O) groups is 1. The molecule has 0 N–H and O–H groups in total. The van der Waals surface area contributed by atoms with E-state index in [0.29, 0.717) is 24.8 Å². The molecule has 0 saturated carbocycles. The van der Waals surface area contributed by atoms with E-state index in [9.17, 15) is 4.79 Å². The van der Waals surface area contributed by atoms with E-state index >= 15 is 0 Å². The molecule has 0 radical (unpaired) electrons. The zero-order valence-corrected chi connectivity index (χ0v) is 11.9. The van der Waals surface area contributed by atoms with Crippen LogP contribution in [-0.2, 0) is 17.6 Å². The summed E-state index contributed by atoms with van der Waals surface area (Å²) in [5.74, 6) is 1.54. The van der Waals surface area contributed by atoms with Gasteiger partial charge < -0.3 is 9.42 Å². The molecule has 0 bridgehead atoms. The fourth-order valence-corrected chi connectivity index (χ4v) is 2.54. The molecule has 1 atom stereocenters. The summed E-state index contributed by atoms with van der Waals surface area (Å²) in [4.78, 5) is 18.4. The van der Waals surface area contributed by atoms with Crippen LogP contribution in [0.15, 0.2) is 4.52 Å². The summed E-state index contributed by atoms with van der Waals surface area (Å²) >= 11 is 0. The fraction of sp³-hybridized carbons (Fsp3) is 0.786. The van der Waals surface area contributed by atoms with Crippen molar-refractivity contribution in [2.75, 3.05) is 6.54 Å². The van der Waals surface area contributed by atoms with Gasteiger partial charge in [0.2, 0.25) is 11.8 Å². The molecule has 19 heavy (non-hydrogen) atoms. The topological polar surface area (TPSA) is 59.2 Å². The second-order valence-corrected chi connectivity index (χ2v) is 5.29. The zero-order chi connectivity index (χ0) is 13.7. The molecule has 1 aliphatic heterocycles. The SMILES string of the molecule is CCCc1noc(CCC(=O)N2CCCC[C@@H]2C)n1. The van der Waals surface area contributed by atoms with Gasteiger partial charge in [-0.15, -0.1) is 0 Å². The Labute approximate surface area is 114 Å². The number of hydrogen-bond donors (Lipinski definition) is 0. The highest BCUT2D eigenvalue weighted by atomic mass is 16.5. The van der Waals surface area contributed by atoms with Crippen molar-refractivity contribution in [1.82, 2.24) is 15.0 Å². The minimum Gasteiger partial charge on any atom is -0.340 e. The molecule has 2 heterocycles. The Bertz CT molecular complexity index is 417. The molecule has 0 aliphatic carbocycles. The van der Waals surface area contributed by atoms with E-state index in [1.807, 2.05) is 4.90 Å². The molecule has 106 valence electrons. The van der Waals surface area contributed by atoms with Crippen molar-refractivity contribution in [2.45, 2.75) is 64.8 Å². The van der Waals surface area contributed by atoms with Gasteiger partial charge in [0.15, 0.2) is 5.82 Å². The molecule has 1 aliphatic rings. The quantitative estimate of drug-likeness (QED) is 0.820. The predicted octanol–water partition coefficient (Wildman–Crippen LogP) is 2.36. The molecule has 2 rings (SSSR count). The van der Waals surface area contributed by atoms with Crippen molar-refractivity contribution in [2.24, 2.45) is 0 Å². The van der Waals surface area contributed by atoms with Crippen LogP contribution in [0.3, 0.4) is 0 Å². The maximum atomic E-state index is 12.2. The van der Waals surface area contributed by atoms with E-state index in [1.54, 1.807) is 0 Å². The lowest BCUT2D eigenvalue weighted by Crippen LogP contribution is -2.42. The second kappa shape index (κ2) is 6.68. The smallest absolute Gasteiger partial charge is 0.227 e. The first-order valence-electron chi connectivity index (χ1n) is 7.31. The van der Waals surface area contributed by atoms with Gasteiger partial charge in [-0.1, -0.05) is 12.1 Å². The third-order valence-corrected chi connectivity index (χ3v) is 3.66. The van der Waals surface area contributed by atoms with Gasteiger partial charge >= 0.3 is 0 Å². The fourth-order valence-electron chi connectivity index (χ4n) is 2.54. The van der Waals surface area contributed by atoms with Gasteiger partial charge in [0.1, 0.15) is 0 Å². The lowest BCUT2D eigenvalue weighted by atomic mass is 10.0. The minimum absolute atomic E-state index is 0.211. The van der Waals surface area contributed by atoms with Crippen molar-refractivity contribution in [3.05, 3.63) is 11.7 Å². The van der Waals surface area contributed by atoms with Gasteiger partial charge in [-0.25, -0.2) is 0 Å². The highest BCUT2D eigenvalue weighted by Crippen LogP contribution is 2.17. The average molecular weight is 265 g/mol. The molecule has 1 amide bonds. The lowest BCUT2D eigenvalue weighted by Gasteiger charge is -2.33. The molecule has 0 unspecified atom stereocenters. The van der Waals surface area contributed by atoms with E-state index in [-0.39, 0.29) is 5.91 Å². The Balaban J connectivity index is 1.81. The molecule has 1 saturated heterocycles. The number of aryl methyl sites for hydroxylation is 2. The maximum Gasteiger partial charge on any atom is 0.227 e. The molecule has 5 heteroatoms. The molecular formula is C14H23N3O2. The van der Waals surface area contributed by atoms with E-state index in [0.717, 1.165) is 38.1 Å². The first-order valence-corrected chi connectivity index (χ1v) is 7.31. The Hall–Kier alpha value is -1.39. The van der Waals surface area contributed by atoms with Crippen LogP contribution in [0, 0.1) is 0 Å². The van der Waals surface area contributed by atoms with E-state index in [1.165, 1.54) is 6.42 Å². The molecule has 0 spiro atoms. The van der Waals surface area contributed by atoms with E-state index < -0.39 is 0 Å². The summed E-state index contributed by atoms with van der Waals surface area (Å²) in [6.45, 7) is 5.10. The maximum absolute atomic E-state index is 12.2. The summed E-state index contributed by atoms with van der Waals surface area (Å²) in [7, 11) is 0. The number of rotatable bonds is 5.